The van der Waals surface area contributed by atoms with Gasteiger partial charge in [0.15, 0.2) is 11.3 Å². The van der Waals surface area contributed by atoms with E-state index in [2.05, 4.69) is 36.2 Å². The molecule has 0 fully saturated rings. The van der Waals surface area contributed by atoms with Crippen molar-refractivity contribution in [3.63, 3.8) is 0 Å². The summed E-state index contributed by atoms with van der Waals surface area (Å²) in [6.45, 7) is 0. The largest absolute Gasteiger partial charge is 0.346 e. The molecule has 5 aromatic rings. The summed E-state index contributed by atoms with van der Waals surface area (Å²) in [6.07, 6.45) is 5.21. The van der Waals surface area contributed by atoms with Crippen molar-refractivity contribution in [2.45, 2.75) is 0 Å². The Morgan fingerprint density at radius 1 is 0.903 bits per heavy atom. The Balaban J connectivity index is 1.76. The molecule has 4 aromatic heterocycles. The summed E-state index contributed by atoms with van der Waals surface area (Å²) in [5, 5.41) is 8.43. The van der Waals surface area contributed by atoms with Gasteiger partial charge in [-0.3, -0.25) is 15.2 Å². The van der Waals surface area contributed by atoms with E-state index in [1.165, 1.54) is 6.07 Å². The number of imidazole rings is 1. The highest BCUT2D eigenvalue weighted by Crippen LogP contribution is 2.33. The van der Waals surface area contributed by atoms with Gasteiger partial charge in [0, 0.05) is 33.4 Å². The van der Waals surface area contributed by atoms with Gasteiger partial charge in [-0.15, -0.1) is 11.3 Å². The summed E-state index contributed by atoms with van der Waals surface area (Å²) in [5.41, 5.74) is 4.21. The molecule has 6 heterocycles. The number of aromatic amines is 3. The zero-order valence-electron chi connectivity index (χ0n) is 15.8. The van der Waals surface area contributed by atoms with Gasteiger partial charge in [0.1, 0.15) is 17.0 Å². The first-order valence-corrected chi connectivity index (χ1v) is 10.4. The van der Waals surface area contributed by atoms with Crippen LogP contribution < -0.4 is 0 Å². The molecule has 0 saturated carbocycles. The Morgan fingerprint density at radius 2 is 1.87 bits per heavy atom. The zero-order chi connectivity index (χ0) is 20.5. The van der Waals surface area contributed by atoms with Crippen LogP contribution in [0.4, 0.5) is 4.39 Å². The fourth-order valence-corrected chi connectivity index (χ4v) is 4.95. The third-order valence-corrected chi connectivity index (χ3v) is 6.47. The van der Waals surface area contributed by atoms with Crippen LogP contribution in [-0.4, -0.2) is 35.1 Å². The zero-order valence-corrected chi connectivity index (χ0v) is 16.6. The van der Waals surface area contributed by atoms with Crippen LogP contribution in [-0.2, 0) is 0 Å². The van der Waals surface area contributed by atoms with E-state index in [4.69, 9.17) is 4.98 Å². The average molecular weight is 425 g/mol. The minimum absolute atomic E-state index is 0.366. The predicted molar refractivity (Wildman–Crippen MR) is 120 cm³/mol. The van der Waals surface area contributed by atoms with Crippen LogP contribution in [0.1, 0.15) is 0 Å². The van der Waals surface area contributed by atoms with Crippen molar-refractivity contribution in [3.8, 4) is 11.3 Å². The first-order chi connectivity index (χ1) is 15.2. The smallest absolute Gasteiger partial charge is 0.181 e. The molecule has 0 radical (unpaired) electrons. The van der Waals surface area contributed by atoms with E-state index in [-0.39, 0.29) is 5.82 Å². The van der Waals surface area contributed by atoms with Crippen LogP contribution in [0.2, 0.25) is 0 Å². The van der Waals surface area contributed by atoms with Crippen molar-refractivity contribution >= 4 is 64.9 Å². The molecule has 0 saturated heterocycles. The molecule has 0 unspecified atom stereocenters. The molecule has 0 aliphatic carbocycles. The lowest BCUT2D eigenvalue weighted by molar-refractivity contribution is 0.637. The number of aromatic nitrogens is 7. The topological polar surface area (TPSA) is 98.9 Å². The summed E-state index contributed by atoms with van der Waals surface area (Å²) < 4.78 is 16.0. The van der Waals surface area contributed by atoms with Crippen molar-refractivity contribution in [3.05, 3.63) is 60.8 Å². The van der Waals surface area contributed by atoms with Crippen molar-refractivity contribution in [2.75, 3.05) is 0 Å². The number of H-pyrrole nitrogens is 3. The summed E-state index contributed by atoms with van der Waals surface area (Å²) in [5.74, 6) is -0.366. The SMILES string of the molecule is Fc1cc2cc3c1[nH][nH]c-3c1nc3nccc(c4ccc([nH]c5cncc2c5)s4)c3n1. The highest BCUT2D eigenvalue weighted by molar-refractivity contribution is 7.23. The number of benzene rings is 1. The van der Waals surface area contributed by atoms with Gasteiger partial charge in [-0.2, -0.15) is 0 Å². The average Bonchev–Trinajstić information content (AvgIpc) is 3.50. The molecule has 9 heteroatoms. The summed E-state index contributed by atoms with van der Waals surface area (Å²) in [4.78, 5) is 22.5. The van der Waals surface area contributed by atoms with Gasteiger partial charge in [0.05, 0.1) is 22.1 Å². The predicted octanol–water partition coefficient (Wildman–Crippen LogP) is 5.45. The number of fused-ring (bicyclic) bond motifs is 9. The first-order valence-electron chi connectivity index (χ1n) is 9.58. The lowest BCUT2D eigenvalue weighted by Crippen LogP contribution is -1.84. The van der Waals surface area contributed by atoms with Gasteiger partial charge in [0.2, 0.25) is 0 Å². The number of pyridine rings is 2. The van der Waals surface area contributed by atoms with Crippen LogP contribution >= 0.6 is 11.3 Å². The highest BCUT2D eigenvalue weighted by Gasteiger charge is 2.17. The first kappa shape index (κ1) is 16.7. The summed E-state index contributed by atoms with van der Waals surface area (Å²) in [7, 11) is 0. The molecule has 2 aliphatic rings. The Bertz CT molecular complexity index is 1820. The Labute approximate surface area is 176 Å². The van der Waals surface area contributed by atoms with E-state index in [9.17, 15) is 4.39 Å². The monoisotopic (exact) mass is 425 g/mol. The van der Waals surface area contributed by atoms with Crippen molar-refractivity contribution in [1.82, 2.24) is 35.1 Å². The minimum Gasteiger partial charge on any atom is -0.346 e. The molecular weight excluding hydrogens is 413 g/mol. The van der Waals surface area contributed by atoms with Crippen LogP contribution in [0, 0.1) is 5.82 Å². The van der Waals surface area contributed by atoms with Crippen molar-refractivity contribution in [2.24, 2.45) is 0 Å². The van der Waals surface area contributed by atoms with E-state index in [1.54, 1.807) is 29.9 Å². The van der Waals surface area contributed by atoms with Gasteiger partial charge >= 0.3 is 0 Å². The molecule has 0 atom stereocenters. The Morgan fingerprint density at radius 3 is 2.84 bits per heavy atom. The number of thiophene rings is 1. The van der Waals surface area contributed by atoms with E-state index in [1.807, 2.05) is 24.3 Å². The van der Waals surface area contributed by atoms with Crippen LogP contribution in [0.5, 0.6) is 0 Å². The maximum absolute atomic E-state index is 15.0. The second kappa shape index (κ2) is 5.96. The molecule has 0 amide bonds. The molecule has 148 valence electrons. The lowest BCUT2D eigenvalue weighted by Gasteiger charge is -2.00. The van der Waals surface area contributed by atoms with Gasteiger partial charge in [0.25, 0.3) is 0 Å². The number of hydrogen-bond donors (Lipinski definition) is 3. The quantitative estimate of drug-likeness (QED) is 0.301. The van der Waals surface area contributed by atoms with Crippen molar-refractivity contribution in [1.29, 1.82) is 0 Å². The molecule has 1 aromatic carbocycles. The number of nitrogens with one attached hydrogen (secondary N) is 3. The fourth-order valence-electron chi connectivity index (χ4n) is 4.00. The molecule has 0 spiro atoms. The highest BCUT2D eigenvalue weighted by atomic mass is 32.1. The molecule has 7 rings (SSSR count). The summed E-state index contributed by atoms with van der Waals surface area (Å²) in [6, 6.07) is 11.4. The fraction of sp³-hybridized carbons (Fsp3) is 0. The molecule has 7 nitrogen and oxygen atoms in total. The Kier molecular flexibility index (Phi) is 3.20. The van der Waals surface area contributed by atoms with Crippen LogP contribution in [0.3, 0.4) is 0 Å². The maximum Gasteiger partial charge on any atom is 0.181 e. The standard InChI is InChI=1S/C22H12FN7S/c23-15-7-10-6-14-18(15)29-30-20(14)22-27-19-13(3-4-25-21(19)28-22)16-1-2-17(31-16)26-12-5-11(10)8-24-9-12/h1-9,26,29-30H. The van der Waals surface area contributed by atoms with Crippen LogP contribution in [0.25, 0.3) is 64.8 Å². The molecule has 31 heavy (non-hydrogen) atoms. The van der Waals surface area contributed by atoms with Crippen LogP contribution in [0.15, 0.2) is 55.0 Å². The van der Waals surface area contributed by atoms with Gasteiger partial charge in [-0.1, -0.05) is 0 Å². The maximum atomic E-state index is 15.0. The second-order valence-electron chi connectivity index (χ2n) is 7.33. The van der Waals surface area contributed by atoms with Crippen molar-refractivity contribution < 1.29 is 4.39 Å². The summed E-state index contributed by atoms with van der Waals surface area (Å²) >= 11 is 1.61. The molecule has 8 bridgehead atoms. The molecular formula is C22H12FN7S. The lowest BCUT2D eigenvalue weighted by atomic mass is 10.1. The molecule has 2 aliphatic heterocycles. The third kappa shape index (κ3) is 2.44. The van der Waals surface area contributed by atoms with Gasteiger partial charge < -0.3 is 4.98 Å². The normalized spacial score (nSPS) is 12.0. The second-order valence-corrected chi connectivity index (χ2v) is 8.42. The molecule has 3 N–H and O–H groups in total. The van der Waals surface area contributed by atoms with Gasteiger partial charge in [-0.05, 0) is 41.8 Å². The van der Waals surface area contributed by atoms with E-state index in [0.717, 1.165) is 25.8 Å². The number of halogens is 1. The number of hydrogen-bond acceptors (Lipinski definition) is 5. The Hall–Kier alpha value is -4.11. The third-order valence-electron chi connectivity index (χ3n) is 5.44. The van der Waals surface area contributed by atoms with E-state index in [0.29, 0.717) is 39.0 Å². The van der Waals surface area contributed by atoms with E-state index >= 15 is 0 Å². The minimum atomic E-state index is -0.366. The van der Waals surface area contributed by atoms with E-state index < -0.39 is 0 Å². The number of nitrogens with zero attached hydrogens (tertiary/aromatic N) is 4. The number of rotatable bonds is 0. The van der Waals surface area contributed by atoms with Gasteiger partial charge in [-0.25, -0.2) is 19.3 Å².